The Bertz CT molecular complexity index is 172. The van der Waals surface area contributed by atoms with E-state index in [-0.39, 0.29) is 12.5 Å². The van der Waals surface area contributed by atoms with E-state index in [4.69, 9.17) is 5.11 Å². The molecule has 1 fully saturated rings. The highest BCUT2D eigenvalue weighted by atomic mass is 16.3. The molecule has 1 heterocycles. The summed E-state index contributed by atoms with van der Waals surface area (Å²) in [5, 5.41) is 12.3. The van der Waals surface area contributed by atoms with Crippen LogP contribution in [-0.2, 0) is 4.79 Å². The minimum Gasteiger partial charge on any atom is -0.396 e. The van der Waals surface area contributed by atoms with Crippen molar-refractivity contribution in [2.24, 2.45) is 0 Å². The second-order valence-corrected chi connectivity index (χ2v) is 3.22. The van der Waals surface area contributed by atoms with Gasteiger partial charge in [0.1, 0.15) is 0 Å². The Morgan fingerprint density at radius 2 is 2.33 bits per heavy atom. The molecule has 1 N–H and O–H groups in total. The number of hydrogen-bond acceptors (Lipinski definition) is 3. The summed E-state index contributed by atoms with van der Waals surface area (Å²) < 4.78 is 0. The predicted molar refractivity (Wildman–Crippen MR) is 45.3 cm³/mol. The van der Waals surface area contributed by atoms with Crippen LogP contribution < -0.4 is 0 Å². The second kappa shape index (κ2) is 3.87. The fraction of sp³-hybridized carbons (Fsp3) is 0.875. The summed E-state index contributed by atoms with van der Waals surface area (Å²) in [4.78, 5) is 11.3. The van der Waals surface area contributed by atoms with Gasteiger partial charge in [-0.3, -0.25) is 9.80 Å². The molecule has 0 radical (unpaired) electrons. The Hall–Kier alpha value is -0.610. The van der Waals surface area contributed by atoms with Crippen LogP contribution in [0.2, 0.25) is 0 Å². The maximum absolute atomic E-state index is 11.3. The van der Waals surface area contributed by atoms with E-state index >= 15 is 0 Å². The van der Waals surface area contributed by atoms with Crippen LogP contribution in [0.5, 0.6) is 0 Å². The SMILES string of the molecule is CC1CC(=O)N(CCCO)N1C. The normalized spacial score (nSPS) is 25.4. The number of hydrogen-bond donors (Lipinski definition) is 1. The number of carbonyl (C=O) groups is 1. The Kier molecular flexibility index (Phi) is 3.05. The smallest absolute Gasteiger partial charge is 0.238 e. The Morgan fingerprint density at radius 1 is 1.67 bits per heavy atom. The van der Waals surface area contributed by atoms with Crippen molar-refractivity contribution in [1.82, 2.24) is 10.0 Å². The average Bonchev–Trinajstić information content (AvgIpc) is 2.25. The van der Waals surface area contributed by atoms with Crippen molar-refractivity contribution < 1.29 is 9.90 Å². The highest BCUT2D eigenvalue weighted by Gasteiger charge is 2.31. The molecule has 0 spiro atoms. The van der Waals surface area contributed by atoms with Gasteiger partial charge < -0.3 is 5.11 Å². The number of hydrazine groups is 1. The highest BCUT2D eigenvalue weighted by Crippen LogP contribution is 2.16. The number of amides is 1. The van der Waals surface area contributed by atoms with Crippen molar-refractivity contribution in [3.05, 3.63) is 0 Å². The Morgan fingerprint density at radius 3 is 2.75 bits per heavy atom. The number of nitrogens with zero attached hydrogens (tertiary/aromatic N) is 2. The lowest BCUT2D eigenvalue weighted by Gasteiger charge is -2.26. The minimum atomic E-state index is 0.145. The first-order valence-electron chi connectivity index (χ1n) is 4.30. The summed E-state index contributed by atoms with van der Waals surface area (Å²) in [6, 6.07) is 0.302. The lowest BCUT2D eigenvalue weighted by Crippen LogP contribution is -2.39. The van der Waals surface area contributed by atoms with Gasteiger partial charge in [0.25, 0.3) is 0 Å². The number of aliphatic hydroxyl groups excluding tert-OH is 1. The molecule has 1 unspecified atom stereocenters. The van der Waals surface area contributed by atoms with Gasteiger partial charge in [-0.15, -0.1) is 0 Å². The first kappa shape index (κ1) is 9.48. The Balaban J connectivity index is 2.46. The van der Waals surface area contributed by atoms with E-state index < -0.39 is 0 Å². The molecular formula is C8H16N2O2. The number of rotatable bonds is 3. The van der Waals surface area contributed by atoms with Gasteiger partial charge in [0.2, 0.25) is 5.91 Å². The van der Waals surface area contributed by atoms with Gasteiger partial charge in [-0.1, -0.05) is 0 Å². The molecule has 1 atom stereocenters. The molecule has 1 aliphatic heterocycles. The maximum Gasteiger partial charge on any atom is 0.238 e. The van der Waals surface area contributed by atoms with E-state index in [2.05, 4.69) is 0 Å². The molecule has 0 aromatic carbocycles. The van der Waals surface area contributed by atoms with E-state index in [0.717, 1.165) is 0 Å². The summed E-state index contributed by atoms with van der Waals surface area (Å²) >= 11 is 0. The van der Waals surface area contributed by atoms with Crippen LogP contribution in [-0.4, -0.2) is 47.3 Å². The van der Waals surface area contributed by atoms with Gasteiger partial charge >= 0.3 is 0 Å². The average molecular weight is 172 g/mol. The molecule has 4 nitrogen and oxygen atoms in total. The summed E-state index contributed by atoms with van der Waals surface area (Å²) in [7, 11) is 1.91. The molecule has 0 aromatic heterocycles. The quantitative estimate of drug-likeness (QED) is 0.643. The molecule has 0 aliphatic carbocycles. The first-order chi connectivity index (χ1) is 5.66. The minimum absolute atomic E-state index is 0.145. The third-order valence-electron chi connectivity index (χ3n) is 2.30. The maximum atomic E-state index is 11.3. The van der Waals surface area contributed by atoms with Crippen LogP contribution in [0, 0.1) is 0 Å². The molecule has 1 rings (SSSR count). The molecule has 4 heteroatoms. The molecular weight excluding hydrogens is 156 g/mol. The van der Waals surface area contributed by atoms with E-state index in [1.54, 1.807) is 5.01 Å². The van der Waals surface area contributed by atoms with Crippen molar-refractivity contribution in [3.63, 3.8) is 0 Å². The fourth-order valence-corrected chi connectivity index (χ4v) is 1.41. The van der Waals surface area contributed by atoms with Crippen LogP contribution in [0.4, 0.5) is 0 Å². The van der Waals surface area contributed by atoms with Gasteiger partial charge in [-0.2, -0.15) is 0 Å². The third kappa shape index (κ3) is 1.76. The van der Waals surface area contributed by atoms with E-state index in [9.17, 15) is 4.79 Å². The first-order valence-corrected chi connectivity index (χ1v) is 4.30. The van der Waals surface area contributed by atoms with Crippen molar-refractivity contribution in [3.8, 4) is 0 Å². The molecule has 0 saturated carbocycles. The highest BCUT2D eigenvalue weighted by molar-refractivity contribution is 5.78. The molecule has 1 saturated heterocycles. The number of aliphatic hydroxyl groups is 1. The third-order valence-corrected chi connectivity index (χ3v) is 2.30. The predicted octanol–water partition coefficient (Wildman–Crippen LogP) is -0.164. The van der Waals surface area contributed by atoms with E-state index in [1.807, 2.05) is 19.0 Å². The largest absolute Gasteiger partial charge is 0.396 e. The summed E-state index contributed by atoms with van der Waals surface area (Å²) in [5.41, 5.74) is 0. The molecule has 1 amide bonds. The summed E-state index contributed by atoms with van der Waals surface area (Å²) in [6.07, 6.45) is 1.25. The van der Waals surface area contributed by atoms with Crippen LogP contribution in [0.25, 0.3) is 0 Å². The zero-order valence-electron chi connectivity index (χ0n) is 7.66. The molecule has 1 aliphatic rings. The van der Waals surface area contributed by atoms with Crippen LogP contribution >= 0.6 is 0 Å². The fourth-order valence-electron chi connectivity index (χ4n) is 1.41. The zero-order chi connectivity index (χ0) is 9.14. The molecule has 12 heavy (non-hydrogen) atoms. The van der Waals surface area contributed by atoms with E-state index in [1.165, 1.54) is 0 Å². The zero-order valence-corrected chi connectivity index (χ0v) is 7.66. The van der Waals surface area contributed by atoms with Gasteiger partial charge in [0.05, 0.1) is 0 Å². The van der Waals surface area contributed by atoms with Crippen LogP contribution in [0.1, 0.15) is 19.8 Å². The van der Waals surface area contributed by atoms with Crippen molar-refractivity contribution in [2.45, 2.75) is 25.8 Å². The lowest BCUT2D eigenvalue weighted by atomic mass is 10.2. The van der Waals surface area contributed by atoms with Crippen LogP contribution in [0.3, 0.4) is 0 Å². The van der Waals surface area contributed by atoms with E-state index in [0.29, 0.717) is 25.4 Å². The molecule has 0 bridgehead atoms. The van der Waals surface area contributed by atoms with Crippen molar-refractivity contribution in [1.29, 1.82) is 0 Å². The molecule has 0 aromatic rings. The standard InChI is InChI=1S/C8H16N2O2/c1-7-6-8(12)10(9(7)2)4-3-5-11/h7,11H,3-6H2,1-2H3. The van der Waals surface area contributed by atoms with Gasteiger partial charge in [0, 0.05) is 32.7 Å². The monoisotopic (exact) mass is 172 g/mol. The van der Waals surface area contributed by atoms with Crippen LogP contribution in [0.15, 0.2) is 0 Å². The second-order valence-electron chi connectivity index (χ2n) is 3.22. The topological polar surface area (TPSA) is 43.8 Å². The summed E-state index contributed by atoms with van der Waals surface area (Å²) in [5.74, 6) is 0.165. The van der Waals surface area contributed by atoms with Gasteiger partial charge in [-0.05, 0) is 13.3 Å². The molecule has 70 valence electrons. The lowest BCUT2D eigenvalue weighted by molar-refractivity contribution is -0.137. The van der Waals surface area contributed by atoms with Crippen molar-refractivity contribution >= 4 is 5.91 Å². The van der Waals surface area contributed by atoms with Crippen molar-refractivity contribution in [2.75, 3.05) is 20.2 Å². The van der Waals surface area contributed by atoms with Gasteiger partial charge in [0.15, 0.2) is 0 Å². The Labute approximate surface area is 72.7 Å². The summed E-state index contributed by atoms with van der Waals surface area (Å²) in [6.45, 7) is 2.80. The number of carbonyl (C=O) groups excluding carboxylic acids is 1. The van der Waals surface area contributed by atoms with Gasteiger partial charge in [-0.25, -0.2) is 5.01 Å².